The summed E-state index contributed by atoms with van der Waals surface area (Å²) in [6, 6.07) is 5.11. The summed E-state index contributed by atoms with van der Waals surface area (Å²) < 4.78 is 0. The number of piperidine rings is 1. The van der Waals surface area contributed by atoms with Gasteiger partial charge in [-0.3, -0.25) is 24.1 Å². The average Bonchev–Trinajstić information content (AvgIpc) is 2.87. The summed E-state index contributed by atoms with van der Waals surface area (Å²) in [4.78, 5) is 60.1. The van der Waals surface area contributed by atoms with Crippen molar-refractivity contribution in [2.24, 2.45) is 5.73 Å². The Bertz CT molecular complexity index is 1090. The molecule has 214 valence electrons. The molecule has 7 N–H and O–H groups in total. The Balaban J connectivity index is 1.99. The molecule has 3 unspecified atom stereocenters. The molecule has 2 rings (SSSR count). The van der Waals surface area contributed by atoms with Gasteiger partial charge in [0.15, 0.2) is 0 Å². The zero-order chi connectivity index (χ0) is 28.9. The Morgan fingerprint density at radius 2 is 1.90 bits per heavy atom. The summed E-state index contributed by atoms with van der Waals surface area (Å²) in [6.07, 6.45) is 1.45. The first kappa shape index (κ1) is 32.4. The summed E-state index contributed by atoms with van der Waals surface area (Å²) in [6.45, 7) is 1.02. The number of aliphatic carboxylic acids is 3. The smallest absolute Gasteiger partial charge is 0.328 e. The Kier molecular flexibility index (Phi) is 13.6. The maximum atomic E-state index is 12.5. The van der Waals surface area contributed by atoms with Gasteiger partial charge in [-0.1, -0.05) is 51.4 Å². The molecule has 0 spiro atoms. The van der Waals surface area contributed by atoms with Crippen LogP contribution < -0.4 is 16.4 Å². The monoisotopic (exact) mass is 602 g/mol. The molecule has 0 bridgehead atoms. The van der Waals surface area contributed by atoms with Crippen molar-refractivity contribution in [3.63, 3.8) is 0 Å². The number of benzene rings is 1. The molecular formula is C24H31ClN4O8S2. The molecule has 0 aromatic heterocycles. The van der Waals surface area contributed by atoms with E-state index < -0.39 is 48.4 Å². The number of carbonyl (C=O) groups is 5. The highest BCUT2D eigenvalue weighted by Gasteiger charge is 2.28. The number of rotatable bonds is 15. The van der Waals surface area contributed by atoms with Crippen LogP contribution in [0.3, 0.4) is 0 Å². The van der Waals surface area contributed by atoms with E-state index in [2.05, 4.69) is 15.5 Å². The van der Waals surface area contributed by atoms with Gasteiger partial charge in [-0.15, -0.1) is 0 Å². The van der Waals surface area contributed by atoms with Gasteiger partial charge in [0, 0.05) is 48.2 Å². The van der Waals surface area contributed by atoms with Crippen LogP contribution in [-0.4, -0.2) is 92.7 Å². The molecule has 1 saturated heterocycles. The minimum absolute atomic E-state index is 0.0625. The third kappa shape index (κ3) is 11.9. The zero-order valence-corrected chi connectivity index (χ0v) is 23.3. The molecule has 1 aromatic carbocycles. The SMILES string of the molecule is NC(CCC(=O)NC(CSSC1CCN(Cc2ccccc2Cl)C/C1=C/C(=O)O)C(=O)NCC(=O)O)C(=O)O. The minimum Gasteiger partial charge on any atom is -0.480 e. The van der Waals surface area contributed by atoms with Crippen LogP contribution in [0, 0.1) is 0 Å². The third-order valence-electron chi connectivity index (χ3n) is 5.67. The van der Waals surface area contributed by atoms with Crippen LogP contribution in [0.15, 0.2) is 35.9 Å². The van der Waals surface area contributed by atoms with Crippen LogP contribution in [0.1, 0.15) is 24.8 Å². The predicted octanol–water partition coefficient (Wildman–Crippen LogP) is 1.18. The molecule has 12 nitrogen and oxygen atoms in total. The standard InChI is InChI=1S/C24H31ClN4O8S2/c25-16-4-2-1-3-14(16)11-29-8-7-19(15(12-29)9-21(31)32)39-38-13-18(23(35)27-10-22(33)34)28-20(30)6-5-17(26)24(36)37/h1-4,9,17-19H,5-8,10-13,26H2,(H,27,35)(H,28,30)(H,31,32)(H,33,34)(H,36,37)/b15-9-. The fourth-order valence-electron chi connectivity index (χ4n) is 3.67. The topological polar surface area (TPSA) is 199 Å². The fourth-order valence-corrected chi connectivity index (χ4v) is 6.74. The largest absolute Gasteiger partial charge is 0.480 e. The van der Waals surface area contributed by atoms with E-state index in [4.69, 9.17) is 27.5 Å². The van der Waals surface area contributed by atoms with Gasteiger partial charge in [-0.05, 0) is 30.0 Å². The van der Waals surface area contributed by atoms with E-state index >= 15 is 0 Å². The zero-order valence-electron chi connectivity index (χ0n) is 20.9. The number of carboxylic acid groups (broad SMARTS) is 3. The van der Waals surface area contributed by atoms with Gasteiger partial charge in [-0.25, -0.2) is 4.79 Å². The summed E-state index contributed by atoms with van der Waals surface area (Å²) in [5.74, 6) is -4.83. The Hall–Kier alpha value is -2.78. The number of carboxylic acids is 3. The Morgan fingerprint density at radius 3 is 2.54 bits per heavy atom. The summed E-state index contributed by atoms with van der Waals surface area (Å²) in [5.41, 5.74) is 7.04. The van der Waals surface area contributed by atoms with Gasteiger partial charge in [0.2, 0.25) is 11.8 Å². The first-order chi connectivity index (χ1) is 18.5. The van der Waals surface area contributed by atoms with Crippen molar-refractivity contribution in [2.45, 2.75) is 43.1 Å². The highest BCUT2D eigenvalue weighted by Crippen LogP contribution is 2.37. The second kappa shape index (κ2) is 16.4. The first-order valence-corrected chi connectivity index (χ1v) is 14.7. The lowest BCUT2D eigenvalue weighted by Crippen LogP contribution is -2.49. The van der Waals surface area contributed by atoms with Crippen LogP contribution in [0.4, 0.5) is 0 Å². The molecule has 39 heavy (non-hydrogen) atoms. The number of amides is 2. The number of carbonyl (C=O) groups excluding carboxylic acids is 2. The normalized spacial score (nSPS) is 18.2. The van der Waals surface area contributed by atoms with Crippen molar-refractivity contribution in [1.82, 2.24) is 15.5 Å². The van der Waals surface area contributed by atoms with Crippen LogP contribution in [-0.2, 0) is 30.5 Å². The third-order valence-corrected chi connectivity index (χ3v) is 8.93. The van der Waals surface area contributed by atoms with Crippen LogP contribution in [0.5, 0.6) is 0 Å². The average molecular weight is 603 g/mol. The molecule has 2 amide bonds. The summed E-state index contributed by atoms with van der Waals surface area (Å²) in [7, 11) is 2.61. The van der Waals surface area contributed by atoms with Crippen molar-refractivity contribution in [3.05, 3.63) is 46.5 Å². The summed E-state index contributed by atoms with van der Waals surface area (Å²) >= 11 is 6.27. The molecule has 1 aromatic rings. The highest BCUT2D eigenvalue weighted by atomic mass is 35.5. The number of likely N-dealkylation sites (tertiary alicyclic amines) is 1. The van der Waals surface area contributed by atoms with Crippen molar-refractivity contribution < 1.29 is 39.3 Å². The molecule has 0 saturated carbocycles. The maximum absolute atomic E-state index is 12.5. The quantitative estimate of drug-likeness (QED) is 0.124. The number of nitrogens with two attached hydrogens (primary N) is 1. The number of nitrogens with zero attached hydrogens (tertiary/aromatic N) is 1. The van der Waals surface area contributed by atoms with Gasteiger partial charge < -0.3 is 31.7 Å². The van der Waals surface area contributed by atoms with Gasteiger partial charge in [0.25, 0.3) is 0 Å². The van der Waals surface area contributed by atoms with Gasteiger partial charge in [-0.2, -0.15) is 0 Å². The number of halogens is 1. The lowest BCUT2D eigenvalue weighted by Gasteiger charge is -2.34. The van der Waals surface area contributed by atoms with Crippen molar-refractivity contribution in [1.29, 1.82) is 0 Å². The molecule has 0 radical (unpaired) electrons. The number of nitrogens with one attached hydrogen (secondary N) is 2. The van der Waals surface area contributed by atoms with Gasteiger partial charge in [0.05, 0.1) is 0 Å². The van der Waals surface area contributed by atoms with E-state index in [0.717, 1.165) is 5.56 Å². The van der Waals surface area contributed by atoms with E-state index in [0.29, 0.717) is 36.7 Å². The molecule has 1 aliphatic rings. The number of hydrogen-bond acceptors (Lipinski definition) is 9. The van der Waals surface area contributed by atoms with Crippen molar-refractivity contribution in [3.8, 4) is 0 Å². The van der Waals surface area contributed by atoms with Crippen LogP contribution >= 0.6 is 33.2 Å². The van der Waals surface area contributed by atoms with Crippen molar-refractivity contribution in [2.75, 3.05) is 25.4 Å². The maximum Gasteiger partial charge on any atom is 0.328 e. The Labute approximate surface area is 238 Å². The lowest BCUT2D eigenvalue weighted by molar-refractivity contribution is -0.139. The van der Waals surface area contributed by atoms with E-state index in [1.54, 1.807) is 6.07 Å². The Morgan fingerprint density at radius 1 is 1.18 bits per heavy atom. The minimum atomic E-state index is -1.26. The molecule has 0 aliphatic carbocycles. The molecular weight excluding hydrogens is 572 g/mol. The predicted molar refractivity (Wildman–Crippen MR) is 148 cm³/mol. The van der Waals surface area contributed by atoms with Gasteiger partial charge in [0.1, 0.15) is 18.6 Å². The van der Waals surface area contributed by atoms with Crippen molar-refractivity contribution >= 4 is 62.9 Å². The molecule has 3 atom stereocenters. The second-order valence-corrected chi connectivity index (χ2v) is 11.8. The molecule has 15 heteroatoms. The molecule has 1 fully saturated rings. The van der Waals surface area contributed by atoms with Crippen LogP contribution in [0.2, 0.25) is 5.02 Å². The van der Waals surface area contributed by atoms with Gasteiger partial charge >= 0.3 is 17.9 Å². The molecule has 1 heterocycles. The van der Waals surface area contributed by atoms with E-state index in [9.17, 15) is 29.1 Å². The first-order valence-electron chi connectivity index (χ1n) is 11.9. The van der Waals surface area contributed by atoms with Crippen LogP contribution in [0.25, 0.3) is 0 Å². The van der Waals surface area contributed by atoms with E-state index in [1.165, 1.54) is 27.7 Å². The van der Waals surface area contributed by atoms with E-state index in [-0.39, 0.29) is 23.8 Å². The fraction of sp³-hybridized carbons (Fsp3) is 0.458. The summed E-state index contributed by atoms with van der Waals surface area (Å²) in [5, 5.41) is 32.3. The highest BCUT2D eigenvalue weighted by molar-refractivity contribution is 8.77. The molecule has 1 aliphatic heterocycles. The lowest BCUT2D eigenvalue weighted by atomic mass is 10.0. The number of hydrogen-bond donors (Lipinski definition) is 6. The van der Waals surface area contributed by atoms with E-state index in [1.807, 2.05) is 18.2 Å². The second-order valence-electron chi connectivity index (χ2n) is 8.73.